The van der Waals surface area contributed by atoms with Crippen LogP contribution in [-0.4, -0.2) is 47.2 Å². The van der Waals surface area contributed by atoms with Crippen molar-refractivity contribution in [1.29, 1.82) is 0 Å². The zero-order valence-electron chi connectivity index (χ0n) is 10.7. The number of amides is 1. The van der Waals surface area contributed by atoms with E-state index >= 15 is 0 Å². The van der Waals surface area contributed by atoms with Gasteiger partial charge in [-0.15, -0.1) is 0 Å². The molecular formula is C12H21NO4. The zero-order chi connectivity index (χ0) is 13.0. The molecule has 0 bridgehead atoms. The van der Waals surface area contributed by atoms with Crippen molar-refractivity contribution in [2.45, 2.75) is 57.8 Å². The Hall–Kier alpha value is -1.10. The Kier molecular flexibility index (Phi) is 4.93. The second-order valence-corrected chi connectivity index (χ2v) is 4.62. The second-order valence-electron chi connectivity index (χ2n) is 4.62. The third kappa shape index (κ3) is 3.43. The lowest BCUT2D eigenvalue weighted by Gasteiger charge is -2.27. The highest BCUT2D eigenvalue weighted by Crippen LogP contribution is 2.22. The normalized spacial score (nSPS) is 25.6. The van der Waals surface area contributed by atoms with Crippen LogP contribution in [0.3, 0.4) is 0 Å². The highest BCUT2D eigenvalue weighted by Gasteiger charge is 2.36. The van der Waals surface area contributed by atoms with Gasteiger partial charge >= 0.3 is 5.97 Å². The van der Waals surface area contributed by atoms with Gasteiger partial charge in [0.1, 0.15) is 6.10 Å². The number of rotatable bonds is 5. The molecule has 0 aromatic carbocycles. The van der Waals surface area contributed by atoms with Crippen molar-refractivity contribution in [3.8, 4) is 0 Å². The largest absolute Gasteiger partial charge is 0.479 e. The van der Waals surface area contributed by atoms with Crippen molar-refractivity contribution >= 4 is 11.9 Å². The Labute approximate surface area is 102 Å². The van der Waals surface area contributed by atoms with Crippen LogP contribution in [0.15, 0.2) is 0 Å². The molecule has 1 aliphatic heterocycles. The third-order valence-corrected chi connectivity index (χ3v) is 3.29. The summed E-state index contributed by atoms with van der Waals surface area (Å²) in [6.45, 7) is 4.06. The van der Waals surface area contributed by atoms with E-state index in [-0.39, 0.29) is 11.9 Å². The van der Waals surface area contributed by atoms with Crippen molar-refractivity contribution in [2.75, 3.05) is 7.05 Å². The monoisotopic (exact) mass is 243 g/mol. The number of carbonyl (C=O) groups is 2. The fourth-order valence-electron chi connectivity index (χ4n) is 2.06. The molecule has 0 saturated carbocycles. The first kappa shape index (κ1) is 14.0. The van der Waals surface area contributed by atoms with E-state index in [1.807, 2.05) is 6.92 Å². The Bertz CT molecular complexity index is 292. The van der Waals surface area contributed by atoms with Crippen LogP contribution in [-0.2, 0) is 14.3 Å². The van der Waals surface area contributed by atoms with Crippen molar-refractivity contribution in [2.24, 2.45) is 0 Å². The molecule has 1 amide bonds. The Morgan fingerprint density at radius 2 is 2.00 bits per heavy atom. The van der Waals surface area contributed by atoms with Crippen LogP contribution in [0.2, 0.25) is 0 Å². The predicted molar refractivity (Wildman–Crippen MR) is 62.7 cm³/mol. The van der Waals surface area contributed by atoms with E-state index in [9.17, 15) is 9.59 Å². The Balaban J connectivity index is 2.51. The second kappa shape index (κ2) is 6.00. The molecule has 0 aromatic rings. The fourth-order valence-corrected chi connectivity index (χ4v) is 2.06. The summed E-state index contributed by atoms with van der Waals surface area (Å²) in [5, 5.41) is 8.79. The molecule has 5 heteroatoms. The van der Waals surface area contributed by atoms with Crippen LogP contribution in [0, 0.1) is 0 Å². The van der Waals surface area contributed by atoms with E-state index < -0.39 is 18.2 Å². The number of likely N-dealkylation sites (N-methyl/N-ethyl adjacent to an activating group) is 1. The molecule has 1 aliphatic rings. The molecular weight excluding hydrogens is 222 g/mol. The molecule has 1 fully saturated rings. The van der Waals surface area contributed by atoms with E-state index in [1.54, 1.807) is 11.9 Å². The minimum atomic E-state index is -0.982. The zero-order valence-corrected chi connectivity index (χ0v) is 10.7. The number of ether oxygens (including phenoxy) is 1. The number of carbonyl (C=O) groups excluding carboxylic acids is 1. The highest BCUT2D eigenvalue weighted by atomic mass is 16.5. The van der Waals surface area contributed by atoms with Gasteiger partial charge in [0.2, 0.25) is 0 Å². The maximum absolute atomic E-state index is 12.0. The van der Waals surface area contributed by atoms with Gasteiger partial charge in [-0.2, -0.15) is 0 Å². The van der Waals surface area contributed by atoms with Gasteiger partial charge in [-0.05, 0) is 26.2 Å². The SMILES string of the molecule is CCCC(C)N(C)C(=O)C1CCC(C(=O)O)O1. The summed E-state index contributed by atoms with van der Waals surface area (Å²) in [7, 11) is 1.75. The Morgan fingerprint density at radius 3 is 2.47 bits per heavy atom. The summed E-state index contributed by atoms with van der Waals surface area (Å²) in [6.07, 6.45) is 1.47. The van der Waals surface area contributed by atoms with Gasteiger partial charge in [0.25, 0.3) is 5.91 Å². The lowest BCUT2D eigenvalue weighted by Crippen LogP contribution is -2.42. The quantitative estimate of drug-likeness (QED) is 0.789. The van der Waals surface area contributed by atoms with Crippen LogP contribution >= 0.6 is 0 Å². The van der Waals surface area contributed by atoms with Gasteiger partial charge in [0, 0.05) is 13.1 Å². The maximum Gasteiger partial charge on any atom is 0.332 e. The molecule has 0 radical (unpaired) electrons. The van der Waals surface area contributed by atoms with Crippen LogP contribution in [0.4, 0.5) is 0 Å². The predicted octanol–water partition coefficient (Wildman–Crippen LogP) is 1.27. The lowest BCUT2D eigenvalue weighted by atomic mass is 10.1. The van der Waals surface area contributed by atoms with Crippen LogP contribution < -0.4 is 0 Å². The van der Waals surface area contributed by atoms with Crippen molar-refractivity contribution in [3.05, 3.63) is 0 Å². The van der Waals surface area contributed by atoms with Gasteiger partial charge in [-0.1, -0.05) is 13.3 Å². The number of carboxylic acids is 1. The summed E-state index contributed by atoms with van der Waals surface area (Å²) in [6, 6.07) is 0.167. The first-order chi connectivity index (χ1) is 7.97. The van der Waals surface area contributed by atoms with Crippen LogP contribution in [0.5, 0.6) is 0 Å². The molecule has 1 heterocycles. The van der Waals surface area contributed by atoms with Crippen LogP contribution in [0.1, 0.15) is 39.5 Å². The van der Waals surface area contributed by atoms with E-state index in [0.717, 1.165) is 12.8 Å². The standard InChI is InChI=1S/C12H21NO4/c1-4-5-8(2)13(3)11(14)9-6-7-10(17-9)12(15)16/h8-10H,4-7H2,1-3H3,(H,15,16). The van der Waals surface area contributed by atoms with Crippen molar-refractivity contribution in [1.82, 2.24) is 4.90 Å². The average Bonchev–Trinajstić information content (AvgIpc) is 2.76. The highest BCUT2D eigenvalue weighted by molar-refractivity contribution is 5.82. The van der Waals surface area contributed by atoms with E-state index in [4.69, 9.17) is 9.84 Å². The first-order valence-electron chi connectivity index (χ1n) is 6.12. The van der Waals surface area contributed by atoms with E-state index in [2.05, 4.69) is 6.92 Å². The van der Waals surface area contributed by atoms with E-state index in [0.29, 0.717) is 12.8 Å². The molecule has 0 aromatic heterocycles. The molecule has 5 nitrogen and oxygen atoms in total. The van der Waals surface area contributed by atoms with Gasteiger partial charge in [-0.3, -0.25) is 4.79 Å². The van der Waals surface area contributed by atoms with Gasteiger partial charge < -0.3 is 14.7 Å². The summed E-state index contributed by atoms with van der Waals surface area (Å²) in [5.41, 5.74) is 0. The number of hydrogen-bond donors (Lipinski definition) is 1. The first-order valence-corrected chi connectivity index (χ1v) is 6.12. The minimum absolute atomic E-state index is 0.102. The van der Waals surface area contributed by atoms with Gasteiger partial charge in [0.15, 0.2) is 6.10 Å². The summed E-state index contributed by atoms with van der Waals surface area (Å²) < 4.78 is 5.24. The molecule has 0 aliphatic carbocycles. The summed E-state index contributed by atoms with van der Waals surface area (Å²) in [5.74, 6) is -1.08. The molecule has 3 unspecified atom stereocenters. The number of carboxylic acid groups (broad SMARTS) is 1. The number of hydrogen-bond acceptors (Lipinski definition) is 3. The van der Waals surface area contributed by atoms with E-state index in [1.165, 1.54) is 0 Å². The topological polar surface area (TPSA) is 66.8 Å². The summed E-state index contributed by atoms with van der Waals surface area (Å²) in [4.78, 5) is 24.4. The van der Waals surface area contributed by atoms with Gasteiger partial charge in [-0.25, -0.2) is 4.79 Å². The average molecular weight is 243 g/mol. The molecule has 3 atom stereocenters. The lowest BCUT2D eigenvalue weighted by molar-refractivity contribution is -0.155. The summed E-state index contributed by atoms with van der Waals surface area (Å²) >= 11 is 0. The van der Waals surface area contributed by atoms with Crippen molar-refractivity contribution < 1.29 is 19.4 Å². The maximum atomic E-state index is 12.0. The molecule has 1 saturated heterocycles. The Morgan fingerprint density at radius 1 is 1.41 bits per heavy atom. The molecule has 0 spiro atoms. The number of aliphatic carboxylic acids is 1. The van der Waals surface area contributed by atoms with Crippen LogP contribution in [0.25, 0.3) is 0 Å². The third-order valence-electron chi connectivity index (χ3n) is 3.29. The molecule has 17 heavy (non-hydrogen) atoms. The van der Waals surface area contributed by atoms with Gasteiger partial charge in [0.05, 0.1) is 0 Å². The fraction of sp³-hybridized carbons (Fsp3) is 0.833. The molecule has 1 N–H and O–H groups in total. The number of nitrogens with zero attached hydrogens (tertiary/aromatic N) is 1. The smallest absolute Gasteiger partial charge is 0.332 e. The molecule has 1 rings (SSSR count). The van der Waals surface area contributed by atoms with Crippen molar-refractivity contribution in [3.63, 3.8) is 0 Å². The molecule has 98 valence electrons. The minimum Gasteiger partial charge on any atom is -0.479 e.